The van der Waals surface area contributed by atoms with Gasteiger partial charge < -0.3 is 11.0 Å². The van der Waals surface area contributed by atoms with Crippen molar-refractivity contribution < 1.29 is 19.3 Å². The van der Waals surface area contributed by atoms with Gasteiger partial charge in [0.2, 0.25) is 5.82 Å². The first kappa shape index (κ1) is 19.2. The second kappa shape index (κ2) is 8.68. The summed E-state index contributed by atoms with van der Waals surface area (Å²) in [6.07, 6.45) is 0. The molecule has 1 aromatic heterocycles. The molecule has 0 radical (unpaired) electrons. The predicted octanol–water partition coefficient (Wildman–Crippen LogP) is 1.12. The number of nitrogens with zero attached hydrogens (tertiary/aromatic N) is 2. The molecule has 0 spiro atoms. The molecule has 0 bridgehead atoms. The van der Waals surface area contributed by atoms with Crippen molar-refractivity contribution in [3.8, 4) is 0 Å². The van der Waals surface area contributed by atoms with Gasteiger partial charge in [-0.2, -0.15) is 4.33 Å². The lowest BCUT2D eigenvalue weighted by Crippen LogP contribution is -2.50. The topological polar surface area (TPSA) is 110 Å². The van der Waals surface area contributed by atoms with Gasteiger partial charge in [-0.15, -0.1) is 9.66 Å². The molecule has 0 fully saturated rings. The average Bonchev–Trinajstić information content (AvgIpc) is 2.44. The van der Waals surface area contributed by atoms with E-state index < -0.39 is 0 Å². The lowest BCUT2D eigenvalue weighted by atomic mass is 10.1. The van der Waals surface area contributed by atoms with E-state index in [0.29, 0.717) is 5.82 Å². The summed E-state index contributed by atoms with van der Waals surface area (Å²) >= 11 is 0.948. The molecule has 7 nitrogen and oxygen atoms in total. The molecule has 0 saturated heterocycles. The Kier molecular flexibility index (Phi) is 7.24. The zero-order valence-corrected chi connectivity index (χ0v) is 14.7. The van der Waals surface area contributed by atoms with Crippen LogP contribution in [0.25, 0.3) is 0 Å². The molecule has 1 aromatic carbocycles. The maximum absolute atomic E-state index is 9.65. The van der Waals surface area contributed by atoms with Gasteiger partial charge >= 0.3 is 0 Å². The fourth-order valence-corrected chi connectivity index (χ4v) is 2.63. The molecule has 8 heteroatoms. The highest BCUT2D eigenvalue weighted by atomic mass is 32.2. The van der Waals surface area contributed by atoms with E-state index in [0.717, 1.165) is 39.6 Å². The molecular weight excluding hydrogens is 316 g/mol. The normalized spacial score (nSPS) is 10.2. The molecule has 2 rings (SSSR count). The fourth-order valence-electron chi connectivity index (χ4n) is 2.16. The van der Waals surface area contributed by atoms with Crippen LogP contribution in [-0.4, -0.2) is 4.98 Å². The molecule has 0 aliphatic heterocycles. The third-order valence-corrected chi connectivity index (χ3v) is 4.01. The Morgan fingerprint density at radius 1 is 1.09 bits per heavy atom. The van der Waals surface area contributed by atoms with Gasteiger partial charge in [-0.05, 0) is 38.8 Å². The number of anilines is 1. The molecule has 4 N–H and O–H groups in total. The summed E-state index contributed by atoms with van der Waals surface area (Å²) in [6, 6.07) is 5.79. The summed E-state index contributed by atoms with van der Waals surface area (Å²) in [4.78, 5) is 5.02. The molecule has 0 aliphatic carbocycles. The first-order valence-electron chi connectivity index (χ1n) is 6.88. The van der Waals surface area contributed by atoms with Crippen LogP contribution >= 0.6 is 12.0 Å². The van der Waals surface area contributed by atoms with Gasteiger partial charge in [-0.3, -0.25) is 10.9 Å². The molecule has 126 valence electrons. The van der Waals surface area contributed by atoms with E-state index in [1.165, 1.54) is 10.2 Å². The molecule has 0 atom stereocenters. The number of nitrogen functional groups attached to an aromatic ring is 2. The minimum absolute atomic E-state index is 0.532. The number of benzene rings is 1. The Morgan fingerprint density at radius 2 is 1.65 bits per heavy atom. The van der Waals surface area contributed by atoms with Crippen LogP contribution in [0.15, 0.2) is 23.1 Å². The molecule has 0 amide bonds. The quantitative estimate of drug-likeness (QED) is 0.284. The van der Waals surface area contributed by atoms with Crippen molar-refractivity contribution in [1.29, 1.82) is 0 Å². The lowest BCUT2D eigenvalue weighted by Gasteiger charge is -2.10. The van der Waals surface area contributed by atoms with Crippen LogP contribution < -0.4 is 21.5 Å². The van der Waals surface area contributed by atoms with Gasteiger partial charge in [0.15, 0.2) is 0 Å². The summed E-state index contributed by atoms with van der Waals surface area (Å²) in [7, 11) is 0. The first-order chi connectivity index (χ1) is 10.8. The van der Waals surface area contributed by atoms with Crippen LogP contribution in [0, 0.1) is 34.6 Å². The van der Waals surface area contributed by atoms with Crippen LogP contribution in [0.1, 0.15) is 28.2 Å². The van der Waals surface area contributed by atoms with Crippen molar-refractivity contribution in [2.45, 2.75) is 39.5 Å². The van der Waals surface area contributed by atoms with Crippen LogP contribution in [0.5, 0.6) is 0 Å². The second-order valence-corrected chi connectivity index (χ2v) is 5.90. The van der Waals surface area contributed by atoms with Gasteiger partial charge in [-0.1, -0.05) is 17.7 Å². The van der Waals surface area contributed by atoms with Gasteiger partial charge in [0.25, 0.3) is 5.82 Å². The van der Waals surface area contributed by atoms with E-state index in [9.17, 15) is 5.26 Å². The highest BCUT2D eigenvalue weighted by Crippen LogP contribution is 2.27. The number of aryl methyl sites for hydroxylation is 5. The van der Waals surface area contributed by atoms with Crippen molar-refractivity contribution in [3.05, 3.63) is 46.4 Å². The highest BCUT2D eigenvalue weighted by molar-refractivity contribution is 7.94. The van der Waals surface area contributed by atoms with Crippen LogP contribution in [-0.2, 0) is 9.37 Å². The van der Waals surface area contributed by atoms with E-state index in [-0.39, 0.29) is 0 Å². The summed E-state index contributed by atoms with van der Waals surface area (Å²) in [5.74, 6) is 6.73. The summed E-state index contributed by atoms with van der Waals surface area (Å²) in [5.41, 5.74) is 9.77. The number of aromatic nitrogens is 2. The second-order valence-electron chi connectivity index (χ2n) is 5.19. The van der Waals surface area contributed by atoms with E-state index in [2.05, 4.69) is 14.4 Å². The van der Waals surface area contributed by atoms with Crippen molar-refractivity contribution in [2.75, 3.05) is 11.6 Å². The van der Waals surface area contributed by atoms with Crippen LogP contribution in [0.4, 0.5) is 5.82 Å². The zero-order valence-electron chi connectivity index (χ0n) is 13.9. The number of nitrogens with two attached hydrogens (primary N) is 2. The third kappa shape index (κ3) is 5.68. The SMILES string of the molecule is Cc1cc(C)c(SOO[O-])c(C)c1.Cc1cc(N)[n+](N)c(C)n1. The average molecular weight is 338 g/mol. The Bertz CT molecular complexity index is 634. The third-order valence-electron chi connectivity index (χ3n) is 3.07. The molecule has 2 aromatic rings. The Morgan fingerprint density at radius 3 is 2.13 bits per heavy atom. The molecule has 0 saturated carbocycles. The smallest absolute Gasteiger partial charge is 0.256 e. The van der Waals surface area contributed by atoms with Crippen molar-refractivity contribution in [1.82, 2.24) is 4.98 Å². The Labute approximate surface area is 140 Å². The van der Waals surface area contributed by atoms with Crippen LogP contribution in [0.2, 0.25) is 0 Å². The highest BCUT2D eigenvalue weighted by Gasteiger charge is 2.06. The fraction of sp³-hybridized carbons (Fsp3) is 0.333. The number of rotatable bonds is 3. The van der Waals surface area contributed by atoms with Crippen molar-refractivity contribution >= 4 is 17.9 Å². The van der Waals surface area contributed by atoms with Gasteiger partial charge in [0.05, 0.1) is 18.1 Å². The molecule has 1 heterocycles. The molecule has 0 aliphatic rings. The maximum Gasteiger partial charge on any atom is 0.256 e. The maximum atomic E-state index is 9.65. The van der Waals surface area contributed by atoms with E-state index in [1.54, 1.807) is 6.07 Å². The first-order valence-corrected chi connectivity index (χ1v) is 7.62. The summed E-state index contributed by atoms with van der Waals surface area (Å²) < 4.78 is 5.64. The van der Waals surface area contributed by atoms with Crippen molar-refractivity contribution in [3.63, 3.8) is 0 Å². The standard InChI is InChI=1S/C9H12O3S.C6H10N4/c1-6-4-7(2)9(8(3)5-6)13-12-11-10;1-4-3-6(7)10(8)5(2)9-4/h4-5,10H,1-3H3;3,7H,8H2,1-2H3. The largest absolute Gasteiger partial charge is 0.691 e. The zero-order chi connectivity index (χ0) is 17.6. The molecular formula is C15H22N4O3S. The minimum atomic E-state index is 0.532. The molecule has 23 heavy (non-hydrogen) atoms. The summed E-state index contributed by atoms with van der Waals surface area (Å²) in [6.45, 7) is 9.65. The van der Waals surface area contributed by atoms with Gasteiger partial charge in [-0.25, -0.2) is 0 Å². The summed E-state index contributed by atoms with van der Waals surface area (Å²) in [5, 5.41) is 12.9. The monoisotopic (exact) mass is 338 g/mol. The van der Waals surface area contributed by atoms with Crippen LogP contribution in [0.3, 0.4) is 0 Å². The van der Waals surface area contributed by atoms with E-state index in [1.807, 2.05) is 46.8 Å². The minimum Gasteiger partial charge on any atom is -0.691 e. The number of hydrogen-bond acceptors (Lipinski definition) is 7. The Hall–Kier alpha value is -1.87. The lowest BCUT2D eigenvalue weighted by molar-refractivity contribution is -0.777. The van der Waals surface area contributed by atoms with Gasteiger partial charge in [0.1, 0.15) is 5.69 Å². The predicted molar refractivity (Wildman–Crippen MR) is 87.1 cm³/mol. The Balaban J connectivity index is 0.000000238. The molecule has 0 unspecified atom stereocenters. The van der Waals surface area contributed by atoms with Gasteiger partial charge in [0, 0.05) is 11.8 Å². The number of hydrogen-bond donors (Lipinski definition) is 2. The van der Waals surface area contributed by atoms with E-state index in [4.69, 9.17) is 11.6 Å². The van der Waals surface area contributed by atoms with Crippen molar-refractivity contribution in [2.24, 2.45) is 0 Å². The van der Waals surface area contributed by atoms with E-state index >= 15 is 0 Å².